The lowest BCUT2D eigenvalue weighted by Gasteiger charge is -2.27. The molecule has 0 bridgehead atoms. The van der Waals surface area contributed by atoms with E-state index in [9.17, 15) is 13.2 Å². The van der Waals surface area contributed by atoms with E-state index >= 15 is 0 Å². The number of sulfonamides is 1. The number of anilines is 1. The lowest BCUT2D eigenvalue weighted by atomic mass is 10.2. The molecule has 0 saturated carbocycles. The number of aromatic nitrogens is 2. The highest BCUT2D eigenvalue weighted by molar-refractivity contribution is 7.89. The van der Waals surface area contributed by atoms with Gasteiger partial charge in [0.25, 0.3) is 5.91 Å². The Morgan fingerprint density at radius 3 is 2.42 bits per heavy atom. The smallest absolute Gasteiger partial charge is 0.255 e. The molecule has 1 fully saturated rings. The van der Waals surface area contributed by atoms with Crippen molar-refractivity contribution in [3.8, 4) is 11.4 Å². The molecule has 0 aliphatic carbocycles. The van der Waals surface area contributed by atoms with Crippen LogP contribution < -0.4 is 10.1 Å². The molecule has 0 radical (unpaired) electrons. The minimum atomic E-state index is -3.73. The van der Waals surface area contributed by atoms with Gasteiger partial charge in [-0.25, -0.2) is 13.1 Å². The lowest BCUT2D eigenvalue weighted by molar-refractivity contribution is 0.102. The SMILES string of the molecule is CCOc1ccc(NC(=O)c2ccc(-n3nccc3C)cc2)cc1S(=O)(=O)N1CCCCC1. The molecule has 0 unspecified atom stereocenters. The zero-order chi connectivity index (χ0) is 23.4. The van der Waals surface area contributed by atoms with Gasteiger partial charge in [-0.2, -0.15) is 9.40 Å². The summed E-state index contributed by atoms with van der Waals surface area (Å²) in [7, 11) is -3.73. The van der Waals surface area contributed by atoms with Crippen molar-refractivity contribution in [1.29, 1.82) is 0 Å². The predicted octanol–water partition coefficient (Wildman–Crippen LogP) is 4.01. The minimum absolute atomic E-state index is 0.0774. The molecule has 1 N–H and O–H groups in total. The zero-order valence-corrected chi connectivity index (χ0v) is 19.6. The van der Waals surface area contributed by atoms with E-state index in [0.29, 0.717) is 36.7 Å². The summed E-state index contributed by atoms with van der Waals surface area (Å²) in [4.78, 5) is 12.9. The Labute approximate surface area is 194 Å². The van der Waals surface area contributed by atoms with Gasteiger partial charge in [0.1, 0.15) is 10.6 Å². The first-order valence-electron chi connectivity index (χ1n) is 11.1. The van der Waals surface area contributed by atoms with Gasteiger partial charge in [-0.15, -0.1) is 0 Å². The van der Waals surface area contributed by atoms with E-state index in [0.717, 1.165) is 30.6 Å². The number of aryl methyl sites for hydroxylation is 1. The van der Waals surface area contributed by atoms with Gasteiger partial charge in [-0.3, -0.25) is 4.79 Å². The summed E-state index contributed by atoms with van der Waals surface area (Å²) in [6, 6.07) is 13.7. The molecule has 4 rings (SSSR count). The van der Waals surface area contributed by atoms with E-state index < -0.39 is 10.0 Å². The molecule has 8 nitrogen and oxygen atoms in total. The molecular formula is C24H28N4O4S. The number of ether oxygens (including phenoxy) is 1. The van der Waals surface area contributed by atoms with Gasteiger partial charge >= 0.3 is 0 Å². The predicted molar refractivity (Wildman–Crippen MR) is 126 cm³/mol. The van der Waals surface area contributed by atoms with E-state index in [1.54, 1.807) is 42.1 Å². The number of carbonyl (C=O) groups is 1. The first-order valence-corrected chi connectivity index (χ1v) is 12.5. The summed E-state index contributed by atoms with van der Waals surface area (Å²) in [6.45, 7) is 5.09. The van der Waals surface area contributed by atoms with Gasteiger partial charge in [-0.1, -0.05) is 6.42 Å². The molecule has 1 saturated heterocycles. The van der Waals surface area contributed by atoms with E-state index in [4.69, 9.17) is 4.74 Å². The molecule has 1 aromatic heterocycles. The van der Waals surface area contributed by atoms with Crippen molar-refractivity contribution in [1.82, 2.24) is 14.1 Å². The molecule has 2 heterocycles. The van der Waals surface area contributed by atoms with Crippen LogP contribution in [0.25, 0.3) is 5.69 Å². The highest BCUT2D eigenvalue weighted by atomic mass is 32.2. The maximum Gasteiger partial charge on any atom is 0.255 e. The second-order valence-corrected chi connectivity index (χ2v) is 9.85. The summed E-state index contributed by atoms with van der Waals surface area (Å²) in [5.41, 5.74) is 2.69. The summed E-state index contributed by atoms with van der Waals surface area (Å²) >= 11 is 0. The summed E-state index contributed by atoms with van der Waals surface area (Å²) in [5, 5.41) is 7.07. The van der Waals surface area contributed by atoms with E-state index in [1.165, 1.54) is 10.4 Å². The standard InChI is InChI=1S/C24H28N4O4S/c1-3-32-22-12-9-20(17-23(22)33(30,31)27-15-5-4-6-16-27)26-24(29)19-7-10-21(11-8-19)28-18(2)13-14-25-28/h7-14,17H,3-6,15-16H2,1-2H3,(H,26,29). The fourth-order valence-corrected chi connectivity index (χ4v) is 5.58. The fraction of sp³-hybridized carbons (Fsp3) is 0.333. The van der Waals surface area contributed by atoms with Crippen LogP contribution in [-0.4, -0.2) is 48.1 Å². The van der Waals surface area contributed by atoms with Gasteiger partial charge < -0.3 is 10.1 Å². The van der Waals surface area contributed by atoms with Crippen LogP contribution in [0.2, 0.25) is 0 Å². The van der Waals surface area contributed by atoms with Gasteiger partial charge in [-0.05, 0) is 75.2 Å². The van der Waals surface area contributed by atoms with Crippen LogP contribution in [0.1, 0.15) is 42.2 Å². The molecule has 174 valence electrons. The van der Waals surface area contributed by atoms with E-state index in [1.807, 2.05) is 25.1 Å². The number of benzene rings is 2. The van der Waals surface area contributed by atoms with Crippen molar-refractivity contribution in [3.05, 3.63) is 66.0 Å². The number of amides is 1. The third kappa shape index (κ3) is 4.94. The van der Waals surface area contributed by atoms with Gasteiger partial charge in [0, 0.05) is 36.2 Å². The Bertz CT molecular complexity index is 1230. The molecule has 33 heavy (non-hydrogen) atoms. The number of hydrogen-bond acceptors (Lipinski definition) is 5. The second kappa shape index (κ2) is 9.76. The lowest BCUT2D eigenvalue weighted by Crippen LogP contribution is -2.35. The third-order valence-corrected chi connectivity index (χ3v) is 7.56. The van der Waals surface area contributed by atoms with Crippen molar-refractivity contribution < 1.29 is 17.9 Å². The van der Waals surface area contributed by atoms with Crippen molar-refractivity contribution in [2.24, 2.45) is 0 Å². The molecule has 3 aromatic rings. The first kappa shape index (κ1) is 23.0. The molecular weight excluding hydrogens is 440 g/mol. The first-order chi connectivity index (χ1) is 15.9. The second-order valence-electron chi connectivity index (χ2n) is 7.94. The number of hydrogen-bond donors (Lipinski definition) is 1. The maximum atomic E-state index is 13.3. The van der Waals surface area contributed by atoms with Crippen LogP contribution in [0.15, 0.2) is 59.6 Å². The highest BCUT2D eigenvalue weighted by Crippen LogP contribution is 2.31. The molecule has 1 amide bonds. The zero-order valence-electron chi connectivity index (χ0n) is 18.8. The molecule has 9 heteroatoms. The third-order valence-electron chi connectivity index (χ3n) is 5.64. The van der Waals surface area contributed by atoms with E-state index in [-0.39, 0.29) is 10.8 Å². The van der Waals surface area contributed by atoms with Crippen molar-refractivity contribution >= 4 is 21.6 Å². The Balaban J connectivity index is 1.57. The Kier molecular flexibility index (Phi) is 6.80. The Hall–Kier alpha value is -3.17. The number of nitrogens with zero attached hydrogens (tertiary/aromatic N) is 3. The Morgan fingerprint density at radius 2 is 1.79 bits per heavy atom. The monoisotopic (exact) mass is 468 g/mol. The van der Waals surface area contributed by atoms with Crippen LogP contribution in [0, 0.1) is 6.92 Å². The molecule has 1 aliphatic rings. The molecule has 2 aromatic carbocycles. The summed E-state index contributed by atoms with van der Waals surface area (Å²) < 4.78 is 35.5. The summed E-state index contributed by atoms with van der Waals surface area (Å²) in [5.74, 6) is -0.0377. The summed E-state index contributed by atoms with van der Waals surface area (Å²) in [6.07, 6.45) is 4.43. The van der Waals surface area contributed by atoms with Crippen LogP contribution in [0.3, 0.4) is 0 Å². The maximum absolute atomic E-state index is 13.3. The number of nitrogens with one attached hydrogen (secondary N) is 1. The minimum Gasteiger partial charge on any atom is -0.492 e. The number of carbonyl (C=O) groups excluding carboxylic acids is 1. The average Bonchev–Trinajstić information content (AvgIpc) is 3.26. The largest absolute Gasteiger partial charge is 0.492 e. The topological polar surface area (TPSA) is 93.5 Å². The van der Waals surface area contributed by atoms with E-state index in [2.05, 4.69) is 10.4 Å². The van der Waals surface area contributed by atoms with Crippen LogP contribution in [0.5, 0.6) is 5.75 Å². The molecule has 0 atom stereocenters. The molecule has 1 aliphatic heterocycles. The van der Waals surface area contributed by atoms with Crippen LogP contribution >= 0.6 is 0 Å². The van der Waals surface area contributed by atoms with Gasteiger partial charge in [0.2, 0.25) is 10.0 Å². The van der Waals surface area contributed by atoms with Gasteiger partial charge in [0.15, 0.2) is 0 Å². The van der Waals surface area contributed by atoms with Gasteiger partial charge in [0.05, 0.1) is 12.3 Å². The number of rotatable bonds is 7. The van der Waals surface area contributed by atoms with Crippen molar-refractivity contribution in [2.75, 3.05) is 25.0 Å². The van der Waals surface area contributed by atoms with Crippen LogP contribution in [0.4, 0.5) is 5.69 Å². The number of piperidine rings is 1. The quantitative estimate of drug-likeness (QED) is 0.566. The fourth-order valence-electron chi connectivity index (χ4n) is 3.90. The van der Waals surface area contributed by atoms with Crippen molar-refractivity contribution in [2.45, 2.75) is 38.0 Å². The van der Waals surface area contributed by atoms with Crippen LogP contribution in [-0.2, 0) is 10.0 Å². The Morgan fingerprint density at radius 1 is 1.06 bits per heavy atom. The molecule has 0 spiro atoms. The normalized spacial score (nSPS) is 14.7. The highest BCUT2D eigenvalue weighted by Gasteiger charge is 2.29. The van der Waals surface area contributed by atoms with Crippen molar-refractivity contribution in [3.63, 3.8) is 0 Å². The average molecular weight is 469 g/mol.